The minimum atomic E-state index is -0.238. The highest BCUT2D eigenvalue weighted by molar-refractivity contribution is 5.78. The maximum Gasteiger partial charge on any atom is 0.236 e. The topological polar surface area (TPSA) is 43.8 Å². The van der Waals surface area contributed by atoms with Gasteiger partial charge in [-0.15, -0.1) is 0 Å². The Morgan fingerprint density at radius 3 is 2.52 bits per heavy atom. The van der Waals surface area contributed by atoms with Crippen LogP contribution in [0.2, 0.25) is 0 Å². The molecule has 0 bridgehead atoms. The van der Waals surface area contributed by atoms with Crippen LogP contribution in [-0.2, 0) is 4.79 Å². The van der Waals surface area contributed by atoms with Crippen LogP contribution in [0.15, 0.2) is 0 Å². The number of hydrogen-bond acceptors (Lipinski definition) is 3. The summed E-state index contributed by atoms with van der Waals surface area (Å²) in [5.74, 6) is 0.283. The first-order valence-electron chi connectivity index (χ1n) is 8.85. The van der Waals surface area contributed by atoms with Crippen LogP contribution in [0.4, 0.5) is 0 Å². The van der Waals surface area contributed by atoms with Crippen molar-refractivity contribution in [3.05, 3.63) is 0 Å². The van der Waals surface area contributed by atoms with Gasteiger partial charge in [-0.3, -0.25) is 9.69 Å². The van der Waals surface area contributed by atoms with Gasteiger partial charge in [0.15, 0.2) is 0 Å². The van der Waals surface area contributed by atoms with Gasteiger partial charge in [0.05, 0.1) is 12.6 Å². The maximum atomic E-state index is 12.5. The normalized spacial score (nSPS) is 30.5. The summed E-state index contributed by atoms with van der Waals surface area (Å²) in [6, 6.07) is 0. The van der Waals surface area contributed by atoms with Crippen molar-refractivity contribution in [2.75, 3.05) is 32.7 Å². The lowest BCUT2D eigenvalue weighted by Gasteiger charge is -2.32. The molecule has 0 aromatic heterocycles. The van der Waals surface area contributed by atoms with Crippen LogP contribution in [0.3, 0.4) is 0 Å². The van der Waals surface area contributed by atoms with Crippen LogP contribution in [0.1, 0.15) is 57.8 Å². The molecule has 3 fully saturated rings. The maximum absolute atomic E-state index is 12.5. The summed E-state index contributed by atoms with van der Waals surface area (Å²) >= 11 is 0. The van der Waals surface area contributed by atoms with Crippen LogP contribution in [-0.4, -0.2) is 59.6 Å². The van der Waals surface area contributed by atoms with Crippen LogP contribution in [0, 0.1) is 5.41 Å². The summed E-state index contributed by atoms with van der Waals surface area (Å²) in [5.41, 5.74) is 0.438. The lowest BCUT2D eigenvalue weighted by molar-refractivity contribution is -0.132. The second kappa shape index (κ2) is 6.66. The molecule has 0 aromatic carbocycles. The fourth-order valence-electron chi connectivity index (χ4n) is 4.50. The number of aliphatic hydroxyl groups excluding tert-OH is 1. The van der Waals surface area contributed by atoms with E-state index in [4.69, 9.17) is 0 Å². The van der Waals surface area contributed by atoms with Crippen molar-refractivity contribution in [3.8, 4) is 0 Å². The number of piperidine rings is 1. The number of nitrogens with zero attached hydrogens (tertiary/aromatic N) is 2. The minimum Gasteiger partial charge on any atom is -0.392 e. The van der Waals surface area contributed by atoms with E-state index < -0.39 is 0 Å². The van der Waals surface area contributed by atoms with Crippen molar-refractivity contribution in [1.82, 2.24) is 9.80 Å². The highest BCUT2D eigenvalue weighted by Crippen LogP contribution is 2.42. The predicted molar refractivity (Wildman–Crippen MR) is 83.0 cm³/mol. The SMILES string of the molecule is O=C(CN1CCCC(O)C1)N1CCC2(CCCCCC2)C1. The van der Waals surface area contributed by atoms with E-state index in [1.807, 2.05) is 0 Å². The van der Waals surface area contributed by atoms with Gasteiger partial charge >= 0.3 is 0 Å². The Kier molecular flexibility index (Phi) is 4.85. The first-order valence-corrected chi connectivity index (χ1v) is 8.85. The third-order valence-corrected chi connectivity index (χ3v) is 5.79. The van der Waals surface area contributed by atoms with E-state index >= 15 is 0 Å². The van der Waals surface area contributed by atoms with Gasteiger partial charge in [-0.2, -0.15) is 0 Å². The second-order valence-electron chi connectivity index (χ2n) is 7.51. The molecule has 0 radical (unpaired) electrons. The van der Waals surface area contributed by atoms with Gasteiger partial charge in [0.25, 0.3) is 0 Å². The number of carbonyl (C=O) groups is 1. The molecule has 4 heteroatoms. The Morgan fingerprint density at radius 1 is 1.05 bits per heavy atom. The van der Waals surface area contributed by atoms with E-state index in [1.54, 1.807) is 0 Å². The molecule has 1 saturated carbocycles. The molecular formula is C17H30N2O2. The summed E-state index contributed by atoms with van der Waals surface area (Å²) < 4.78 is 0. The zero-order valence-corrected chi connectivity index (χ0v) is 13.2. The van der Waals surface area contributed by atoms with Gasteiger partial charge in [0, 0.05) is 19.6 Å². The molecule has 1 aliphatic carbocycles. The first-order chi connectivity index (χ1) is 10.2. The number of aliphatic hydroxyl groups is 1. The van der Waals surface area contributed by atoms with Gasteiger partial charge in [-0.25, -0.2) is 0 Å². The standard InChI is InChI=1S/C17H30N2O2/c20-15-6-5-10-18(12-15)13-16(21)19-11-9-17(14-19)7-3-1-2-4-8-17/h15,20H,1-14H2. The van der Waals surface area contributed by atoms with Gasteiger partial charge in [0.2, 0.25) is 5.91 Å². The number of rotatable bonds is 2. The van der Waals surface area contributed by atoms with Crippen molar-refractivity contribution < 1.29 is 9.90 Å². The first kappa shape index (κ1) is 15.3. The van der Waals surface area contributed by atoms with Crippen molar-refractivity contribution in [3.63, 3.8) is 0 Å². The number of amides is 1. The monoisotopic (exact) mass is 294 g/mol. The van der Waals surface area contributed by atoms with Crippen molar-refractivity contribution in [2.24, 2.45) is 5.41 Å². The Hall–Kier alpha value is -0.610. The summed E-state index contributed by atoms with van der Waals surface area (Å²) in [6.45, 7) is 4.08. The fourth-order valence-corrected chi connectivity index (χ4v) is 4.50. The molecule has 1 N–H and O–H groups in total. The van der Waals surface area contributed by atoms with Gasteiger partial charge in [0.1, 0.15) is 0 Å². The largest absolute Gasteiger partial charge is 0.392 e. The van der Waals surface area contributed by atoms with Crippen LogP contribution in [0.25, 0.3) is 0 Å². The quantitative estimate of drug-likeness (QED) is 0.847. The van der Waals surface area contributed by atoms with E-state index in [-0.39, 0.29) is 12.0 Å². The zero-order valence-electron chi connectivity index (χ0n) is 13.2. The third-order valence-electron chi connectivity index (χ3n) is 5.79. The van der Waals surface area contributed by atoms with Gasteiger partial charge in [-0.1, -0.05) is 25.7 Å². The molecule has 4 nitrogen and oxygen atoms in total. The van der Waals surface area contributed by atoms with Gasteiger partial charge < -0.3 is 10.0 Å². The molecule has 120 valence electrons. The molecule has 1 spiro atoms. The Morgan fingerprint density at radius 2 is 1.81 bits per heavy atom. The highest BCUT2D eigenvalue weighted by atomic mass is 16.3. The Labute approximate surface area is 128 Å². The van der Waals surface area contributed by atoms with E-state index in [0.717, 1.165) is 32.5 Å². The molecule has 2 aliphatic heterocycles. The Bertz CT molecular complexity index is 364. The average Bonchev–Trinajstić information content (AvgIpc) is 2.73. The second-order valence-corrected chi connectivity index (χ2v) is 7.51. The lowest BCUT2D eigenvalue weighted by atomic mass is 9.80. The van der Waals surface area contributed by atoms with Crippen LogP contribution < -0.4 is 0 Å². The number of hydrogen-bond donors (Lipinski definition) is 1. The summed E-state index contributed by atoms with van der Waals surface area (Å²) in [7, 11) is 0. The zero-order chi connectivity index (χ0) is 14.7. The van der Waals surface area contributed by atoms with Crippen molar-refractivity contribution >= 4 is 5.91 Å². The van der Waals surface area contributed by atoms with E-state index in [9.17, 15) is 9.90 Å². The van der Waals surface area contributed by atoms with E-state index in [2.05, 4.69) is 9.80 Å². The Balaban J connectivity index is 1.51. The summed E-state index contributed by atoms with van der Waals surface area (Å²) in [5, 5.41) is 9.72. The summed E-state index contributed by atoms with van der Waals surface area (Å²) in [6.07, 6.45) is 11.0. The molecule has 1 unspecified atom stereocenters. The third kappa shape index (κ3) is 3.78. The number of carbonyl (C=O) groups excluding carboxylic acids is 1. The molecule has 1 amide bonds. The smallest absolute Gasteiger partial charge is 0.236 e. The number of β-amino-alcohol motifs (C(OH)–C–C–N with tert-alkyl or cyclic N) is 1. The molecule has 2 saturated heterocycles. The average molecular weight is 294 g/mol. The molecule has 0 aromatic rings. The predicted octanol–water partition coefficient (Wildman–Crippen LogP) is 2.02. The van der Waals surface area contributed by atoms with Crippen molar-refractivity contribution in [1.29, 1.82) is 0 Å². The van der Waals surface area contributed by atoms with Crippen molar-refractivity contribution in [2.45, 2.75) is 63.9 Å². The molecule has 2 heterocycles. The highest BCUT2D eigenvalue weighted by Gasteiger charge is 2.39. The van der Waals surface area contributed by atoms with Crippen LogP contribution in [0.5, 0.6) is 0 Å². The summed E-state index contributed by atoms with van der Waals surface area (Å²) in [4.78, 5) is 16.8. The van der Waals surface area contributed by atoms with E-state index in [1.165, 1.54) is 44.9 Å². The fraction of sp³-hybridized carbons (Fsp3) is 0.941. The van der Waals surface area contributed by atoms with Gasteiger partial charge in [-0.05, 0) is 44.1 Å². The molecule has 3 aliphatic rings. The lowest BCUT2D eigenvalue weighted by Crippen LogP contribution is -2.45. The van der Waals surface area contributed by atoms with E-state index in [0.29, 0.717) is 18.5 Å². The number of likely N-dealkylation sites (tertiary alicyclic amines) is 2. The van der Waals surface area contributed by atoms with Crippen LogP contribution >= 0.6 is 0 Å². The minimum absolute atomic E-state index is 0.238. The molecule has 1 atom stereocenters. The molecular weight excluding hydrogens is 264 g/mol. The molecule has 21 heavy (non-hydrogen) atoms. The molecule has 3 rings (SSSR count).